The molecule has 1 aromatic heterocycles. The van der Waals surface area contributed by atoms with Crippen LogP contribution in [0.15, 0.2) is 59.7 Å². The minimum absolute atomic E-state index is 0.190. The number of nitrogens with zero attached hydrogens (tertiary/aromatic N) is 2. The zero-order chi connectivity index (χ0) is 21.0. The SMILES string of the molecule is CC(=O)Nc1cccc(C(=O)NN=Cc2cc(C)n(-c3cccc(C)c3)c2C)c1. The summed E-state index contributed by atoms with van der Waals surface area (Å²) < 4.78 is 2.16. The van der Waals surface area contributed by atoms with Gasteiger partial charge in [0.05, 0.1) is 6.21 Å². The van der Waals surface area contributed by atoms with Crippen molar-refractivity contribution >= 4 is 23.7 Å². The molecule has 0 aliphatic rings. The van der Waals surface area contributed by atoms with Crippen molar-refractivity contribution in [3.63, 3.8) is 0 Å². The first-order valence-corrected chi connectivity index (χ1v) is 9.32. The average Bonchev–Trinajstić information content (AvgIpc) is 2.95. The van der Waals surface area contributed by atoms with Crippen molar-refractivity contribution in [2.75, 3.05) is 5.32 Å². The number of carbonyl (C=O) groups excluding carboxylic acids is 2. The largest absolute Gasteiger partial charge is 0.326 e. The first-order valence-electron chi connectivity index (χ1n) is 9.32. The lowest BCUT2D eigenvalue weighted by Crippen LogP contribution is -2.18. The first kappa shape index (κ1) is 20.1. The molecular formula is C23H24N4O2. The quantitative estimate of drug-likeness (QED) is 0.509. The van der Waals surface area contributed by atoms with Gasteiger partial charge in [-0.25, -0.2) is 5.43 Å². The topological polar surface area (TPSA) is 75.5 Å². The summed E-state index contributed by atoms with van der Waals surface area (Å²) >= 11 is 0. The van der Waals surface area contributed by atoms with Gasteiger partial charge < -0.3 is 9.88 Å². The Balaban J connectivity index is 1.75. The number of rotatable bonds is 5. The van der Waals surface area contributed by atoms with Crippen LogP contribution < -0.4 is 10.7 Å². The summed E-state index contributed by atoms with van der Waals surface area (Å²) in [5, 5.41) is 6.77. The zero-order valence-electron chi connectivity index (χ0n) is 17.0. The summed E-state index contributed by atoms with van der Waals surface area (Å²) in [6, 6.07) is 17.0. The summed E-state index contributed by atoms with van der Waals surface area (Å²) in [5.74, 6) is -0.537. The van der Waals surface area contributed by atoms with Crippen LogP contribution in [-0.4, -0.2) is 22.6 Å². The minimum atomic E-state index is -0.346. The number of aryl methyl sites for hydroxylation is 2. The van der Waals surface area contributed by atoms with Crippen LogP contribution in [0.3, 0.4) is 0 Å². The maximum Gasteiger partial charge on any atom is 0.271 e. The molecule has 0 unspecified atom stereocenters. The Labute approximate surface area is 170 Å². The molecule has 2 amide bonds. The van der Waals surface area contributed by atoms with E-state index in [2.05, 4.69) is 45.5 Å². The fourth-order valence-electron chi connectivity index (χ4n) is 3.25. The van der Waals surface area contributed by atoms with Gasteiger partial charge in [0.2, 0.25) is 5.91 Å². The number of amides is 2. The standard InChI is InChI=1S/C23H24N4O2/c1-15-7-5-10-22(11-15)27-16(2)12-20(17(27)3)14-24-26-23(29)19-8-6-9-21(13-19)25-18(4)28/h5-14H,1-4H3,(H,25,28)(H,26,29). The molecule has 6 nitrogen and oxygen atoms in total. The maximum absolute atomic E-state index is 12.3. The Morgan fingerprint density at radius 1 is 1.00 bits per heavy atom. The molecule has 1 heterocycles. The van der Waals surface area contributed by atoms with E-state index in [1.54, 1.807) is 30.5 Å². The second-order valence-electron chi connectivity index (χ2n) is 6.96. The van der Waals surface area contributed by atoms with Crippen LogP contribution in [0.4, 0.5) is 5.69 Å². The van der Waals surface area contributed by atoms with Crippen LogP contribution in [0, 0.1) is 20.8 Å². The molecule has 0 aliphatic heterocycles. The summed E-state index contributed by atoms with van der Waals surface area (Å²) in [7, 11) is 0. The van der Waals surface area contributed by atoms with Gasteiger partial charge in [-0.3, -0.25) is 9.59 Å². The number of hydrogen-bond donors (Lipinski definition) is 2. The molecule has 0 atom stereocenters. The van der Waals surface area contributed by atoms with E-state index < -0.39 is 0 Å². The number of carbonyl (C=O) groups is 2. The Hall–Kier alpha value is -3.67. The Morgan fingerprint density at radius 3 is 2.48 bits per heavy atom. The van der Waals surface area contributed by atoms with Crippen molar-refractivity contribution in [3.8, 4) is 5.69 Å². The lowest BCUT2D eigenvalue weighted by atomic mass is 10.2. The molecule has 29 heavy (non-hydrogen) atoms. The molecule has 148 valence electrons. The molecular weight excluding hydrogens is 364 g/mol. The van der Waals surface area contributed by atoms with Gasteiger partial charge in [0, 0.05) is 40.8 Å². The smallest absolute Gasteiger partial charge is 0.271 e. The highest BCUT2D eigenvalue weighted by Crippen LogP contribution is 2.20. The van der Waals surface area contributed by atoms with Crippen molar-refractivity contribution < 1.29 is 9.59 Å². The molecule has 3 rings (SSSR count). The summed E-state index contributed by atoms with van der Waals surface area (Å²) in [5.41, 5.74) is 8.87. The molecule has 2 N–H and O–H groups in total. The highest BCUT2D eigenvalue weighted by atomic mass is 16.2. The Kier molecular flexibility index (Phi) is 5.93. The van der Waals surface area contributed by atoms with Gasteiger partial charge in [-0.2, -0.15) is 5.10 Å². The molecule has 6 heteroatoms. The van der Waals surface area contributed by atoms with Crippen molar-refractivity contribution in [2.24, 2.45) is 5.10 Å². The molecule has 0 saturated carbocycles. The second kappa shape index (κ2) is 8.56. The predicted molar refractivity (Wildman–Crippen MR) is 116 cm³/mol. The molecule has 3 aromatic rings. The van der Waals surface area contributed by atoms with E-state index in [0.29, 0.717) is 11.3 Å². The third kappa shape index (κ3) is 4.79. The van der Waals surface area contributed by atoms with Crippen LogP contribution in [0.25, 0.3) is 5.69 Å². The normalized spacial score (nSPS) is 10.9. The number of hydrogen-bond acceptors (Lipinski definition) is 3. The molecule has 0 fully saturated rings. The molecule has 0 saturated heterocycles. The van der Waals surface area contributed by atoms with Gasteiger partial charge in [0.1, 0.15) is 0 Å². The first-order chi connectivity index (χ1) is 13.8. The summed E-state index contributed by atoms with van der Waals surface area (Å²) in [4.78, 5) is 23.5. The second-order valence-corrected chi connectivity index (χ2v) is 6.96. The highest BCUT2D eigenvalue weighted by Gasteiger charge is 2.10. The highest BCUT2D eigenvalue weighted by molar-refractivity contribution is 5.97. The van der Waals surface area contributed by atoms with Crippen molar-refractivity contribution in [2.45, 2.75) is 27.7 Å². The van der Waals surface area contributed by atoms with Crippen molar-refractivity contribution in [1.29, 1.82) is 0 Å². The van der Waals surface area contributed by atoms with E-state index in [9.17, 15) is 9.59 Å². The van der Waals surface area contributed by atoms with Gasteiger partial charge in [0.25, 0.3) is 5.91 Å². The number of nitrogens with one attached hydrogen (secondary N) is 2. The number of hydrazone groups is 1. The van der Waals surface area contributed by atoms with Gasteiger partial charge >= 0.3 is 0 Å². The maximum atomic E-state index is 12.3. The molecule has 2 aromatic carbocycles. The lowest BCUT2D eigenvalue weighted by Gasteiger charge is -2.10. The fraction of sp³-hybridized carbons (Fsp3) is 0.174. The monoisotopic (exact) mass is 388 g/mol. The zero-order valence-corrected chi connectivity index (χ0v) is 17.0. The van der Waals surface area contributed by atoms with E-state index in [-0.39, 0.29) is 11.8 Å². The third-order valence-corrected chi connectivity index (χ3v) is 4.54. The van der Waals surface area contributed by atoms with Crippen LogP contribution in [0.2, 0.25) is 0 Å². The van der Waals surface area contributed by atoms with Crippen LogP contribution >= 0.6 is 0 Å². The number of benzene rings is 2. The van der Waals surface area contributed by atoms with Gasteiger partial charge in [-0.15, -0.1) is 0 Å². The fourth-order valence-corrected chi connectivity index (χ4v) is 3.25. The van der Waals surface area contributed by atoms with E-state index in [4.69, 9.17) is 0 Å². The van der Waals surface area contributed by atoms with Gasteiger partial charge in [0.15, 0.2) is 0 Å². The Morgan fingerprint density at radius 2 is 1.76 bits per heavy atom. The van der Waals surface area contributed by atoms with E-state index >= 15 is 0 Å². The van der Waals surface area contributed by atoms with Gasteiger partial charge in [-0.1, -0.05) is 18.2 Å². The summed E-state index contributed by atoms with van der Waals surface area (Å²) in [6.07, 6.45) is 1.64. The molecule has 0 bridgehead atoms. The van der Waals surface area contributed by atoms with Crippen LogP contribution in [0.5, 0.6) is 0 Å². The average molecular weight is 388 g/mol. The number of anilines is 1. The van der Waals surface area contributed by atoms with E-state index in [0.717, 1.165) is 22.6 Å². The molecule has 0 spiro atoms. The van der Waals surface area contributed by atoms with Crippen LogP contribution in [0.1, 0.15) is 39.8 Å². The minimum Gasteiger partial charge on any atom is -0.326 e. The van der Waals surface area contributed by atoms with Crippen molar-refractivity contribution in [1.82, 2.24) is 9.99 Å². The Bertz CT molecular complexity index is 1100. The van der Waals surface area contributed by atoms with Crippen molar-refractivity contribution in [3.05, 3.63) is 82.7 Å². The third-order valence-electron chi connectivity index (χ3n) is 4.54. The van der Waals surface area contributed by atoms with E-state index in [1.165, 1.54) is 12.5 Å². The molecule has 0 radical (unpaired) electrons. The summed E-state index contributed by atoms with van der Waals surface area (Å²) in [6.45, 7) is 7.55. The predicted octanol–water partition coefficient (Wildman–Crippen LogP) is 4.12. The lowest BCUT2D eigenvalue weighted by molar-refractivity contribution is -0.114. The number of aromatic nitrogens is 1. The van der Waals surface area contributed by atoms with E-state index in [1.807, 2.05) is 26.0 Å². The van der Waals surface area contributed by atoms with Gasteiger partial charge in [-0.05, 0) is 62.7 Å². The molecule has 0 aliphatic carbocycles. The van der Waals surface area contributed by atoms with Crippen LogP contribution in [-0.2, 0) is 4.79 Å².